The SMILES string of the molecule is COc1cccc(NS(=O)(=O)c2ccc3c(c2)sc(=O)n3CCC(=O)N2CCCCC2)c1. The summed E-state index contributed by atoms with van der Waals surface area (Å²) in [6.07, 6.45) is 3.45. The second-order valence-corrected chi connectivity index (χ2v) is 10.4. The third-order valence-corrected chi connectivity index (χ3v) is 7.85. The number of benzene rings is 2. The molecule has 0 unspecified atom stereocenters. The molecule has 0 atom stereocenters. The van der Waals surface area contributed by atoms with E-state index in [0.29, 0.717) is 21.7 Å². The molecule has 1 N–H and O–H groups in total. The van der Waals surface area contributed by atoms with Crippen molar-refractivity contribution >= 4 is 43.2 Å². The minimum atomic E-state index is -3.84. The maximum atomic E-state index is 12.8. The number of ether oxygens (including phenoxy) is 1. The molecule has 1 fully saturated rings. The average molecular weight is 476 g/mol. The van der Waals surface area contributed by atoms with Crippen LogP contribution in [-0.4, -0.2) is 44.0 Å². The number of sulfonamides is 1. The summed E-state index contributed by atoms with van der Waals surface area (Å²) in [6.45, 7) is 1.83. The summed E-state index contributed by atoms with van der Waals surface area (Å²) < 4.78 is 35.5. The normalized spacial score (nSPS) is 14.5. The van der Waals surface area contributed by atoms with Gasteiger partial charge in [-0.15, -0.1) is 0 Å². The number of rotatable bonds is 7. The molecule has 0 aliphatic carbocycles. The molecule has 10 heteroatoms. The second kappa shape index (κ2) is 9.33. The number of aryl methyl sites for hydroxylation is 1. The first-order chi connectivity index (χ1) is 15.4. The zero-order valence-corrected chi connectivity index (χ0v) is 19.4. The highest BCUT2D eigenvalue weighted by Crippen LogP contribution is 2.25. The van der Waals surface area contributed by atoms with Crippen molar-refractivity contribution in [3.05, 3.63) is 52.1 Å². The number of thiazole rings is 1. The van der Waals surface area contributed by atoms with E-state index < -0.39 is 10.0 Å². The van der Waals surface area contributed by atoms with Gasteiger partial charge in [-0.05, 0) is 49.6 Å². The van der Waals surface area contributed by atoms with Gasteiger partial charge in [0.25, 0.3) is 10.0 Å². The molecule has 1 aliphatic heterocycles. The second-order valence-electron chi connectivity index (χ2n) is 7.68. The van der Waals surface area contributed by atoms with Gasteiger partial charge in [0.2, 0.25) is 5.91 Å². The number of hydrogen-bond donors (Lipinski definition) is 1. The first-order valence-electron chi connectivity index (χ1n) is 10.5. The van der Waals surface area contributed by atoms with Crippen molar-refractivity contribution in [3.63, 3.8) is 0 Å². The molecule has 8 nitrogen and oxygen atoms in total. The minimum absolute atomic E-state index is 0.0534. The fraction of sp³-hybridized carbons (Fsp3) is 0.364. The molecule has 2 heterocycles. The maximum absolute atomic E-state index is 12.8. The third-order valence-electron chi connectivity index (χ3n) is 5.53. The largest absolute Gasteiger partial charge is 0.497 e. The molecule has 0 spiro atoms. The van der Waals surface area contributed by atoms with Crippen LogP contribution in [0.4, 0.5) is 5.69 Å². The van der Waals surface area contributed by atoms with E-state index in [2.05, 4.69) is 4.72 Å². The van der Waals surface area contributed by atoms with E-state index in [-0.39, 0.29) is 28.6 Å². The van der Waals surface area contributed by atoms with Gasteiger partial charge in [0.15, 0.2) is 0 Å². The lowest BCUT2D eigenvalue weighted by atomic mass is 10.1. The van der Waals surface area contributed by atoms with Crippen molar-refractivity contribution in [1.82, 2.24) is 9.47 Å². The first kappa shape index (κ1) is 22.3. The molecular formula is C22H25N3O5S2. The predicted octanol–water partition coefficient (Wildman–Crippen LogP) is 3.28. The highest BCUT2D eigenvalue weighted by molar-refractivity contribution is 7.92. The number of carbonyl (C=O) groups is 1. The lowest BCUT2D eigenvalue weighted by Crippen LogP contribution is -2.36. The van der Waals surface area contributed by atoms with Gasteiger partial charge in [0.1, 0.15) is 5.75 Å². The number of amides is 1. The lowest BCUT2D eigenvalue weighted by Gasteiger charge is -2.26. The number of carbonyl (C=O) groups excluding carboxylic acids is 1. The smallest absolute Gasteiger partial charge is 0.308 e. The molecule has 3 aromatic rings. The molecule has 0 radical (unpaired) electrons. The molecule has 32 heavy (non-hydrogen) atoms. The van der Waals surface area contributed by atoms with E-state index in [1.54, 1.807) is 34.9 Å². The predicted molar refractivity (Wildman–Crippen MR) is 125 cm³/mol. The van der Waals surface area contributed by atoms with Crippen LogP contribution in [-0.2, 0) is 21.4 Å². The minimum Gasteiger partial charge on any atom is -0.497 e. The van der Waals surface area contributed by atoms with Gasteiger partial charge >= 0.3 is 4.87 Å². The Hall–Kier alpha value is -2.85. The molecule has 1 saturated heterocycles. The van der Waals surface area contributed by atoms with E-state index in [1.807, 2.05) is 4.90 Å². The fourth-order valence-corrected chi connectivity index (χ4v) is 5.94. The Balaban J connectivity index is 1.53. The summed E-state index contributed by atoms with van der Waals surface area (Å²) in [7, 11) is -2.34. The number of piperidine rings is 1. The molecule has 4 rings (SSSR count). The van der Waals surface area contributed by atoms with Gasteiger partial charge in [-0.2, -0.15) is 0 Å². The molecule has 1 aliphatic rings. The zero-order chi connectivity index (χ0) is 22.7. The number of nitrogens with zero attached hydrogens (tertiary/aromatic N) is 2. The zero-order valence-electron chi connectivity index (χ0n) is 17.7. The number of nitrogens with one attached hydrogen (secondary N) is 1. The van der Waals surface area contributed by atoms with E-state index in [9.17, 15) is 18.0 Å². The lowest BCUT2D eigenvalue weighted by molar-refractivity contribution is -0.132. The Morgan fingerprint density at radius 1 is 1.12 bits per heavy atom. The van der Waals surface area contributed by atoms with E-state index in [1.165, 1.54) is 19.2 Å². The average Bonchev–Trinajstić information content (AvgIpc) is 3.12. The molecule has 170 valence electrons. The summed E-state index contributed by atoms with van der Waals surface area (Å²) in [6, 6.07) is 11.2. The van der Waals surface area contributed by atoms with Gasteiger partial charge in [-0.3, -0.25) is 18.9 Å². The van der Waals surface area contributed by atoms with Gasteiger partial charge in [-0.1, -0.05) is 17.4 Å². The van der Waals surface area contributed by atoms with Crippen LogP contribution in [0, 0.1) is 0 Å². The number of fused-ring (bicyclic) bond motifs is 1. The monoisotopic (exact) mass is 475 g/mol. The molecule has 0 bridgehead atoms. The van der Waals surface area contributed by atoms with Gasteiger partial charge in [0, 0.05) is 32.1 Å². The summed E-state index contributed by atoms with van der Waals surface area (Å²) in [5.41, 5.74) is 1.01. The van der Waals surface area contributed by atoms with Crippen LogP contribution in [0.5, 0.6) is 5.75 Å². The van der Waals surface area contributed by atoms with E-state index in [4.69, 9.17) is 4.74 Å². The molecule has 1 aromatic heterocycles. The molecule has 0 saturated carbocycles. The fourth-order valence-electron chi connectivity index (χ4n) is 3.84. The summed E-state index contributed by atoms with van der Waals surface area (Å²) in [5, 5.41) is 0. The third kappa shape index (κ3) is 4.81. The quantitative estimate of drug-likeness (QED) is 0.566. The Bertz CT molecular complexity index is 1290. The van der Waals surface area contributed by atoms with Crippen molar-refractivity contribution in [2.24, 2.45) is 0 Å². The Morgan fingerprint density at radius 3 is 2.66 bits per heavy atom. The van der Waals surface area contributed by atoms with Gasteiger partial charge < -0.3 is 9.64 Å². The van der Waals surface area contributed by atoms with E-state index >= 15 is 0 Å². The van der Waals surface area contributed by atoms with Crippen LogP contribution in [0.3, 0.4) is 0 Å². The van der Waals surface area contributed by atoms with Crippen molar-refractivity contribution in [2.45, 2.75) is 37.1 Å². The summed E-state index contributed by atoms with van der Waals surface area (Å²) in [4.78, 5) is 26.7. The summed E-state index contributed by atoms with van der Waals surface area (Å²) >= 11 is 0.979. The van der Waals surface area contributed by atoms with E-state index in [0.717, 1.165) is 43.7 Å². The Morgan fingerprint density at radius 2 is 1.91 bits per heavy atom. The maximum Gasteiger partial charge on any atom is 0.308 e. The van der Waals surface area contributed by atoms with Crippen molar-refractivity contribution in [2.75, 3.05) is 24.9 Å². The van der Waals surface area contributed by atoms with Crippen LogP contribution in [0.1, 0.15) is 25.7 Å². The van der Waals surface area contributed by atoms with Crippen molar-refractivity contribution < 1.29 is 17.9 Å². The highest BCUT2D eigenvalue weighted by Gasteiger charge is 2.19. The van der Waals surface area contributed by atoms with Crippen LogP contribution < -0.4 is 14.3 Å². The van der Waals surface area contributed by atoms with Crippen LogP contribution in [0.15, 0.2) is 52.2 Å². The Labute approximate surface area is 190 Å². The van der Waals surface area contributed by atoms with Crippen LogP contribution in [0.25, 0.3) is 10.2 Å². The standard InChI is InChI=1S/C22H25N3O5S2/c1-30-17-7-5-6-16(14-17)23-32(28,29)18-8-9-19-20(15-18)31-22(27)25(19)13-10-21(26)24-11-3-2-4-12-24/h5-9,14-15,23H,2-4,10-13H2,1H3. The Kier molecular flexibility index (Phi) is 6.52. The molecular weight excluding hydrogens is 450 g/mol. The molecule has 1 amide bonds. The number of methoxy groups -OCH3 is 1. The van der Waals surface area contributed by atoms with Crippen molar-refractivity contribution in [3.8, 4) is 5.75 Å². The number of aromatic nitrogens is 1. The topological polar surface area (TPSA) is 97.7 Å². The summed E-state index contributed by atoms with van der Waals surface area (Å²) in [5.74, 6) is 0.590. The van der Waals surface area contributed by atoms with Crippen molar-refractivity contribution in [1.29, 1.82) is 0 Å². The number of hydrogen-bond acceptors (Lipinski definition) is 6. The first-order valence-corrected chi connectivity index (χ1v) is 12.8. The molecule has 2 aromatic carbocycles. The van der Waals surface area contributed by atoms with Crippen LogP contribution >= 0.6 is 11.3 Å². The van der Waals surface area contributed by atoms with Crippen LogP contribution in [0.2, 0.25) is 0 Å². The van der Waals surface area contributed by atoms with Gasteiger partial charge in [-0.25, -0.2) is 8.42 Å². The van der Waals surface area contributed by atoms with Gasteiger partial charge in [0.05, 0.1) is 27.9 Å². The number of anilines is 1. The number of likely N-dealkylation sites (tertiary alicyclic amines) is 1. The highest BCUT2D eigenvalue weighted by atomic mass is 32.2.